The lowest BCUT2D eigenvalue weighted by Crippen LogP contribution is -2.48. The molecule has 2 heterocycles. The Kier molecular flexibility index (Phi) is 5.73. The number of nitrogens with one attached hydrogen (secondary N) is 1. The van der Waals surface area contributed by atoms with E-state index in [0.29, 0.717) is 24.4 Å². The van der Waals surface area contributed by atoms with Gasteiger partial charge < -0.3 is 10.1 Å². The molecule has 26 heavy (non-hydrogen) atoms. The van der Waals surface area contributed by atoms with Crippen molar-refractivity contribution in [3.05, 3.63) is 69.6 Å². The highest BCUT2D eigenvalue weighted by molar-refractivity contribution is 7.09. The minimum Gasteiger partial charge on any atom is -0.463 e. The Bertz CT molecular complexity index is 800. The maximum absolute atomic E-state index is 12.7. The van der Waals surface area contributed by atoms with Crippen molar-refractivity contribution in [1.82, 2.24) is 10.2 Å². The van der Waals surface area contributed by atoms with Gasteiger partial charge in [-0.15, -0.1) is 11.3 Å². The van der Waals surface area contributed by atoms with Crippen LogP contribution in [0.1, 0.15) is 30.3 Å². The largest absolute Gasteiger partial charge is 0.463 e. The Morgan fingerprint density at radius 1 is 1.23 bits per heavy atom. The standard InChI is InChI=1S/C20H22N2O3S/c1-3-25-19(23)17-14(2)22(12-11-16-10-7-13-26-16)20(24)21-18(17)15-8-5-4-6-9-15/h4-10,13,18H,3,11-12H2,1-2H3,(H,21,24)/t18-/m0/s1. The van der Waals surface area contributed by atoms with Crippen molar-refractivity contribution < 1.29 is 14.3 Å². The first-order valence-corrected chi connectivity index (χ1v) is 9.53. The molecule has 1 aromatic carbocycles. The Hall–Kier alpha value is -2.60. The smallest absolute Gasteiger partial charge is 0.338 e. The third-order valence-corrected chi connectivity index (χ3v) is 5.32. The summed E-state index contributed by atoms with van der Waals surface area (Å²) in [6, 6.07) is 12.8. The van der Waals surface area contributed by atoms with E-state index in [1.807, 2.05) is 54.8 Å². The van der Waals surface area contributed by atoms with Crippen molar-refractivity contribution >= 4 is 23.3 Å². The van der Waals surface area contributed by atoms with E-state index in [1.54, 1.807) is 23.2 Å². The fourth-order valence-corrected chi connectivity index (χ4v) is 3.79. The van der Waals surface area contributed by atoms with Crippen molar-refractivity contribution in [2.24, 2.45) is 0 Å². The van der Waals surface area contributed by atoms with Crippen molar-refractivity contribution in [2.75, 3.05) is 13.2 Å². The van der Waals surface area contributed by atoms with Gasteiger partial charge in [0.05, 0.1) is 18.2 Å². The zero-order valence-electron chi connectivity index (χ0n) is 14.9. The molecule has 0 saturated carbocycles. The van der Waals surface area contributed by atoms with Gasteiger partial charge in [-0.1, -0.05) is 36.4 Å². The molecule has 1 atom stereocenters. The number of rotatable bonds is 6. The van der Waals surface area contributed by atoms with Crippen LogP contribution < -0.4 is 5.32 Å². The summed E-state index contributed by atoms with van der Waals surface area (Å²) in [6.07, 6.45) is 0.745. The van der Waals surface area contributed by atoms with Gasteiger partial charge in [0.15, 0.2) is 0 Å². The molecule has 1 N–H and O–H groups in total. The quantitative estimate of drug-likeness (QED) is 0.785. The number of carbonyl (C=O) groups is 2. The van der Waals surface area contributed by atoms with Gasteiger partial charge in [0.1, 0.15) is 0 Å². The molecule has 0 radical (unpaired) electrons. The van der Waals surface area contributed by atoms with E-state index in [9.17, 15) is 9.59 Å². The first kappa shape index (κ1) is 18.2. The van der Waals surface area contributed by atoms with Crippen LogP contribution in [-0.2, 0) is 16.0 Å². The van der Waals surface area contributed by atoms with Gasteiger partial charge in [0, 0.05) is 17.1 Å². The number of benzene rings is 1. The average molecular weight is 370 g/mol. The zero-order valence-corrected chi connectivity index (χ0v) is 15.7. The Morgan fingerprint density at radius 3 is 2.65 bits per heavy atom. The molecule has 0 aliphatic carbocycles. The van der Waals surface area contributed by atoms with E-state index in [4.69, 9.17) is 4.74 Å². The molecule has 0 spiro atoms. The van der Waals surface area contributed by atoms with E-state index in [-0.39, 0.29) is 12.0 Å². The first-order valence-electron chi connectivity index (χ1n) is 8.65. The van der Waals surface area contributed by atoms with Gasteiger partial charge in [-0.25, -0.2) is 9.59 Å². The molecular formula is C20H22N2O3S. The molecule has 0 unspecified atom stereocenters. The van der Waals surface area contributed by atoms with Crippen LogP contribution in [0.2, 0.25) is 0 Å². The molecule has 0 fully saturated rings. The predicted molar refractivity (Wildman–Crippen MR) is 102 cm³/mol. The molecule has 5 nitrogen and oxygen atoms in total. The fraction of sp³-hybridized carbons (Fsp3) is 0.300. The highest BCUT2D eigenvalue weighted by Crippen LogP contribution is 2.31. The molecule has 136 valence electrons. The molecule has 1 aliphatic rings. The summed E-state index contributed by atoms with van der Waals surface area (Å²) in [5.74, 6) is -0.389. The molecule has 1 aliphatic heterocycles. The van der Waals surface area contributed by atoms with Crippen molar-refractivity contribution in [3.8, 4) is 0 Å². The highest BCUT2D eigenvalue weighted by atomic mass is 32.1. The van der Waals surface area contributed by atoms with E-state index >= 15 is 0 Å². The normalized spacial score (nSPS) is 17.2. The molecular weight excluding hydrogens is 348 g/mol. The van der Waals surface area contributed by atoms with Crippen LogP contribution in [0.5, 0.6) is 0 Å². The number of amides is 2. The summed E-state index contributed by atoms with van der Waals surface area (Å²) < 4.78 is 5.26. The number of esters is 1. The van der Waals surface area contributed by atoms with Crippen molar-refractivity contribution in [2.45, 2.75) is 26.3 Å². The van der Waals surface area contributed by atoms with Gasteiger partial charge in [-0.3, -0.25) is 4.90 Å². The average Bonchev–Trinajstić information content (AvgIpc) is 3.15. The number of nitrogens with zero attached hydrogens (tertiary/aromatic N) is 1. The van der Waals surface area contributed by atoms with Crippen LogP contribution in [0.3, 0.4) is 0 Å². The fourth-order valence-electron chi connectivity index (χ4n) is 3.10. The van der Waals surface area contributed by atoms with Gasteiger partial charge in [0.2, 0.25) is 0 Å². The van der Waals surface area contributed by atoms with Crippen LogP contribution in [0, 0.1) is 0 Å². The summed E-state index contributed by atoms with van der Waals surface area (Å²) in [5, 5.41) is 4.98. The number of urea groups is 1. The molecule has 3 rings (SSSR count). The third kappa shape index (κ3) is 3.80. The topological polar surface area (TPSA) is 58.6 Å². The lowest BCUT2D eigenvalue weighted by atomic mass is 9.95. The van der Waals surface area contributed by atoms with Crippen LogP contribution in [-0.4, -0.2) is 30.1 Å². The number of carbonyl (C=O) groups excluding carboxylic acids is 2. The maximum Gasteiger partial charge on any atom is 0.338 e. The Balaban J connectivity index is 1.93. The minimum atomic E-state index is -0.499. The number of thiophene rings is 1. The van der Waals surface area contributed by atoms with Gasteiger partial charge in [-0.2, -0.15) is 0 Å². The van der Waals surface area contributed by atoms with E-state index in [0.717, 1.165) is 12.0 Å². The van der Waals surface area contributed by atoms with Crippen LogP contribution >= 0.6 is 11.3 Å². The Labute approximate surface area is 157 Å². The number of ether oxygens (including phenoxy) is 1. The lowest BCUT2D eigenvalue weighted by Gasteiger charge is -2.35. The number of hydrogen-bond acceptors (Lipinski definition) is 4. The van der Waals surface area contributed by atoms with Gasteiger partial charge in [0.25, 0.3) is 0 Å². The molecule has 2 aromatic rings. The van der Waals surface area contributed by atoms with Crippen LogP contribution in [0.15, 0.2) is 59.1 Å². The SMILES string of the molecule is CCOC(=O)C1=C(C)N(CCc2cccs2)C(=O)N[C@H]1c1ccccc1. The van der Waals surface area contributed by atoms with Crippen LogP contribution in [0.4, 0.5) is 4.79 Å². The van der Waals surface area contributed by atoms with Crippen molar-refractivity contribution in [3.63, 3.8) is 0 Å². The van der Waals surface area contributed by atoms with E-state index in [2.05, 4.69) is 5.32 Å². The van der Waals surface area contributed by atoms with Gasteiger partial charge in [-0.05, 0) is 37.3 Å². The number of hydrogen-bond donors (Lipinski definition) is 1. The van der Waals surface area contributed by atoms with E-state index in [1.165, 1.54) is 4.88 Å². The summed E-state index contributed by atoms with van der Waals surface area (Å²) in [4.78, 5) is 28.2. The van der Waals surface area contributed by atoms with Gasteiger partial charge >= 0.3 is 12.0 Å². The maximum atomic E-state index is 12.7. The second-order valence-corrected chi connectivity index (χ2v) is 7.03. The second-order valence-electron chi connectivity index (χ2n) is 5.99. The highest BCUT2D eigenvalue weighted by Gasteiger charge is 2.36. The summed E-state index contributed by atoms with van der Waals surface area (Å²) >= 11 is 1.66. The second kappa shape index (κ2) is 8.19. The van der Waals surface area contributed by atoms with E-state index < -0.39 is 6.04 Å². The molecule has 0 saturated heterocycles. The van der Waals surface area contributed by atoms with Crippen molar-refractivity contribution in [1.29, 1.82) is 0 Å². The third-order valence-electron chi connectivity index (χ3n) is 4.39. The summed E-state index contributed by atoms with van der Waals surface area (Å²) in [5.41, 5.74) is 2.00. The molecule has 2 amide bonds. The summed E-state index contributed by atoms with van der Waals surface area (Å²) in [6.45, 7) is 4.40. The predicted octanol–water partition coefficient (Wildman–Crippen LogP) is 3.89. The molecule has 6 heteroatoms. The minimum absolute atomic E-state index is 0.194. The summed E-state index contributed by atoms with van der Waals surface area (Å²) in [7, 11) is 0. The van der Waals surface area contributed by atoms with Crippen LogP contribution in [0.25, 0.3) is 0 Å². The molecule has 1 aromatic heterocycles. The number of allylic oxidation sites excluding steroid dienone is 1. The monoisotopic (exact) mass is 370 g/mol. The lowest BCUT2D eigenvalue weighted by molar-refractivity contribution is -0.139. The zero-order chi connectivity index (χ0) is 18.5. The Morgan fingerprint density at radius 2 is 2.00 bits per heavy atom. The first-order chi connectivity index (χ1) is 12.6. The molecule has 0 bridgehead atoms.